The Hall–Kier alpha value is -1.26. The van der Waals surface area contributed by atoms with Crippen LogP contribution in [0.5, 0.6) is 11.5 Å². The van der Waals surface area contributed by atoms with Gasteiger partial charge in [-0.25, -0.2) is 0 Å². The van der Waals surface area contributed by atoms with Gasteiger partial charge in [-0.1, -0.05) is 19.9 Å². The molecule has 110 valence electrons. The van der Waals surface area contributed by atoms with Crippen LogP contribution in [0, 0.1) is 5.41 Å². The van der Waals surface area contributed by atoms with Crippen molar-refractivity contribution in [1.29, 1.82) is 0 Å². The molecule has 1 aliphatic heterocycles. The zero-order valence-corrected chi connectivity index (χ0v) is 12.3. The molecule has 0 amide bonds. The van der Waals surface area contributed by atoms with Crippen LogP contribution >= 0.6 is 0 Å². The van der Waals surface area contributed by atoms with E-state index in [0.29, 0.717) is 19.3 Å². The third kappa shape index (κ3) is 2.27. The largest absolute Gasteiger partial charge is 0.486 e. The number of hydrogen-bond donors (Lipinski definition) is 2. The van der Waals surface area contributed by atoms with Gasteiger partial charge < -0.3 is 19.9 Å². The van der Waals surface area contributed by atoms with Crippen LogP contribution < -0.4 is 14.8 Å². The van der Waals surface area contributed by atoms with E-state index < -0.39 is 0 Å². The molecule has 1 saturated carbocycles. The van der Waals surface area contributed by atoms with E-state index in [2.05, 4.69) is 32.2 Å². The summed E-state index contributed by atoms with van der Waals surface area (Å²) in [5.41, 5.74) is 1.13. The number of ether oxygens (including phenoxy) is 2. The van der Waals surface area contributed by atoms with Gasteiger partial charge in [-0.05, 0) is 31.0 Å². The quantitative estimate of drug-likeness (QED) is 0.890. The maximum absolute atomic E-state index is 9.81. The van der Waals surface area contributed by atoms with E-state index in [9.17, 15) is 5.11 Å². The van der Waals surface area contributed by atoms with Crippen molar-refractivity contribution in [2.24, 2.45) is 5.41 Å². The Bertz CT molecular complexity index is 500. The van der Waals surface area contributed by atoms with Crippen molar-refractivity contribution in [2.75, 3.05) is 13.2 Å². The summed E-state index contributed by atoms with van der Waals surface area (Å²) in [7, 11) is 0. The van der Waals surface area contributed by atoms with Gasteiger partial charge in [0, 0.05) is 17.5 Å². The van der Waals surface area contributed by atoms with Crippen molar-refractivity contribution < 1.29 is 14.6 Å². The van der Waals surface area contributed by atoms with E-state index in [1.165, 1.54) is 5.56 Å². The van der Waals surface area contributed by atoms with Crippen LogP contribution in [0.25, 0.3) is 0 Å². The first-order valence-corrected chi connectivity index (χ1v) is 7.32. The van der Waals surface area contributed by atoms with E-state index in [4.69, 9.17) is 9.47 Å². The molecule has 1 heterocycles. The normalized spacial score (nSPS) is 28.6. The monoisotopic (exact) mass is 277 g/mol. The summed E-state index contributed by atoms with van der Waals surface area (Å²) >= 11 is 0. The summed E-state index contributed by atoms with van der Waals surface area (Å²) in [6.45, 7) is 7.59. The zero-order valence-electron chi connectivity index (χ0n) is 12.3. The molecule has 3 unspecified atom stereocenters. The summed E-state index contributed by atoms with van der Waals surface area (Å²) in [5, 5.41) is 13.4. The summed E-state index contributed by atoms with van der Waals surface area (Å²) < 4.78 is 11.2. The van der Waals surface area contributed by atoms with Gasteiger partial charge in [-0.15, -0.1) is 0 Å². The lowest BCUT2D eigenvalue weighted by Gasteiger charge is -2.50. The molecule has 0 aromatic heterocycles. The first-order chi connectivity index (χ1) is 9.48. The highest BCUT2D eigenvalue weighted by molar-refractivity contribution is 5.44. The third-order valence-electron chi connectivity index (χ3n) is 4.73. The average Bonchev–Trinajstić information content (AvgIpc) is 2.46. The Morgan fingerprint density at radius 2 is 1.95 bits per heavy atom. The van der Waals surface area contributed by atoms with E-state index in [0.717, 1.165) is 17.9 Å². The predicted octanol–water partition coefficient (Wildman–Crippen LogP) is 2.27. The van der Waals surface area contributed by atoms with Crippen molar-refractivity contribution in [3.8, 4) is 11.5 Å². The van der Waals surface area contributed by atoms with E-state index in [1.807, 2.05) is 12.1 Å². The van der Waals surface area contributed by atoms with Gasteiger partial charge in [0.2, 0.25) is 0 Å². The highest BCUT2D eigenvalue weighted by atomic mass is 16.6. The highest BCUT2D eigenvalue weighted by Gasteiger charge is 2.47. The van der Waals surface area contributed by atoms with Crippen molar-refractivity contribution in [2.45, 2.75) is 45.4 Å². The van der Waals surface area contributed by atoms with E-state index >= 15 is 0 Å². The molecule has 1 aromatic carbocycles. The molecule has 0 bridgehead atoms. The molecule has 0 spiro atoms. The molecule has 4 nitrogen and oxygen atoms in total. The molecule has 1 aromatic rings. The van der Waals surface area contributed by atoms with Crippen LogP contribution in [0.15, 0.2) is 18.2 Å². The molecule has 3 atom stereocenters. The Labute approximate surface area is 120 Å². The van der Waals surface area contributed by atoms with Crippen molar-refractivity contribution in [1.82, 2.24) is 5.32 Å². The summed E-state index contributed by atoms with van der Waals surface area (Å²) in [4.78, 5) is 0. The molecule has 3 rings (SSSR count). The Morgan fingerprint density at radius 1 is 1.25 bits per heavy atom. The Morgan fingerprint density at radius 3 is 2.60 bits per heavy atom. The smallest absolute Gasteiger partial charge is 0.161 e. The second-order valence-corrected chi connectivity index (χ2v) is 6.42. The number of nitrogens with one attached hydrogen (secondary N) is 1. The maximum atomic E-state index is 9.81. The van der Waals surface area contributed by atoms with Gasteiger partial charge >= 0.3 is 0 Å². The Balaban J connectivity index is 1.70. The number of aliphatic hydroxyl groups is 1. The first kappa shape index (κ1) is 13.7. The van der Waals surface area contributed by atoms with Crippen molar-refractivity contribution in [3.63, 3.8) is 0 Å². The summed E-state index contributed by atoms with van der Waals surface area (Å²) in [5.74, 6) is 1.65. The van der Waals surface area contributed by atoms with Gasteiger partial charge in [-0.3, -0.25) is 0 Å². The molecule has 0 radical (unpaired) electrons. The van der Waals surface area contributed by atoms with Crippen molar-refractivity contribution in [3.05, 3.63) is 23.8 Å². The van der Waals surface area contributed by atoms with Gasteiger partial charge in [0.25, 0.3) is 0 Å². The fourth-order valence-corrected chi connectivity index (χ4v) is 2.91. The molecule has 1 fully saturated rings. The van der Waals surface area contributed by atoms with Crippen LogP contribution in [-0.2, 0) is 0 Å². The average molecular weight is 277 g/mol. The van der Waals surface area contributed by atoms with Crippen LogP contribution in [0.4, 0.5) is 0 Å². The maximum Gasteiger partial charge on any atom is 0.161 e. The minimum Gasteiger partial charge on any atom is -0.486 e. The van der Waals surface area contributed by atoms with Crippen LogP contribution in [0.3, 0.4) is 0 Å². The molecule has 4 heteroatoms. The fourth-order valence-electron chi connectivity index (χ4n) is 2.91. The molecule has 20 heavy (non-hydrogen) atoms. The number of fused-ring (bicyclic) bond motifs is 1. The molecule has 2 aliphatic rings. The molecule has 2 N–H and O–H groups in total. The van der Waals surface area contributed by atoms with Crippen molar-refractivity contribution >= 4 is 0 Å². The van der Waals surface area contributed by atoms with Crippen LogP contribution in [0.1, 0.15) is 38.8 Å². The van der Waals surface area contributed by atoms with Gasteiger partial charge in [0.1, 0.15) is 13.2 Å². The fraction of sp³-hybridized carbons (Fsp3) is 0.625. The summed E-state index contributed by atoms with van der Waals surface area (Å²) in [6, 6.07) is 6.67. The van der Waals surface area contributed by atoms with E-state index in [1.54, 1.807) is 0 Å². The van der Waals surface area contributed by atoms with Crippen LogP contribution in [-0.4, -0.2) is 30.5 Å². The summed E-state index contributed by atoms with van der Waals surface area (Å²) in [6.07, 6.45) is 0.620. The highest BCUT2D eigenvalue weighted by Crippen LogP contribution is 2.42. The lowest BCUT2D eigenvalue weighted by atomic mass is 9.64. The molecular formula is C16H23NO3. The third-order valence-corrected chi connectivity index (χ3v) is 4.73. The van der Waals surface area contributed by atoms with Gasteiger partial charge in [0.05, 0.1) is 6.10 Å². The first-order valence-electron chi connectivity index (χ1n) is 7.32. The molecular weight excluding hydrogens is 254 g/mol. The number of hydrogen-bond acceptors (Lipinski definition) is 4. The second kappa shape index (κ2) is 4.93. The van der Waals surface area contributed by atoms with Gasteiger partial charge in [-0.2, -0.15) is 0 Å². The van der Waals surface area contributed by atoms with Gasteiger partial charge in [0.15, 0.2) is 11.5 Å². The van der Waals surface area contributed by atoms with Crippen LogP contribution in [0.2, 0.25) is 0 Å². The second-order valence-electron chi connectivity index (χ2n) is 6.42. The lowest BCUT2D eigenvalue weighted by molar-refractivity contribution is -0.0754. The topological polar surface area (TPSA) is 50.7 Å². The van der Waals surface area contributed by atoms with E-state index in [-0.39, 0.29) is 17.6 Å². The minimum absolute atomic E-state index is 0.0535. The number of rotatable bonds is 3. The molecule has 0 saturated heterocycles. The predicted molar refractivity (Wildman–Crippen MR) is 77.2 cm³/mol. The lowest BCUT2D eigenvalue weighted by Crippen LogP contribution is -2.60. The molecule has 1 aliphatic carbocycles. The number of aliphatic hydroxyl groups excluding tert-OH is 1. The zero-order chi connectivity index (χ0) is 14.3. The minimum atomic E-state index is -0.201. The standard InChI is InChI=1S/C16H23NO3/c1-10(17-14-9-15(18)16(14,2)3)11-4-5-12-13(8-11)20-7-6-19-12/h4-5,8,10,14-15,17-18H,6-7,9H2,1-3H3. The number of benzene rings is 1. The SMILES string of the molecule is CC(NC1CC(O)C1(C)C)c1ccc2c(c1)OCCO2. The Kier molecular flexibility index (Phi) is 3.38.